The molecular formula is C15H20ClN5OS. The molecule has 0 unspecified atom stereocenters. The Morgan fingerprint density at radius 1 is 1.39 bits per heavy atom. The van der Waals surface area contributed by atoms with Crippen molar-refractivity contribution >= 4 is 29.3 Å². The molecule has 2 rings (SSSR count). The molecule has 0 spiro atoms. The molecular weight excluding hydrogens is 334 g/mol. The highest BCUT2D eigenvalue weighted by atomic mass is 35.5. The normalized spacial score (nSPS) is 10.7. The van der Waals surface area contributed by atoms with Crippen molar-refractivity contribution in [3.05, 3.63) is 29.3 Å². The molecule has 3 N–H and O–H groups in total. The van der Waals surface area contributed by atoms with Crippen molar-refractivity contribution in [1.29, 1.82) is 0 Å². The standard InChI is InChI=1S/C15H20ClN5OS/c1-2-3-4-8-18-13(22)10-23-15-20-19-14(21(15)17)11-6-5-7-12(16)9-11/h5-7,9H,2-4,8,10,17H2,1H3,(H,18,22). The van der Waals surface area contributed by atoms with Gasteiger partial charge in [0.1, 0.15) is 0 Å². The van der Waals surface area contributed by atoms with E-state index in [2.05, 4.69) is 22.4 Å². The highest BCUT2D eigenvalue weighted by Crippen LogP contribution is 2.23. The number of carbonyl (C=O) groups excluding carboxylic acids is 1. The number of thioether (sulfide) groups is 1. The van der Waals surface area contributed by atoms with Gasteiger partial charge in [-0.15, -0.1) is 10.2 Å². The lowest BCUT2D eigenvalue weighted by Gasteiger charge is -2.05. The van der Waals surface area contributed by atoms with Crippen LogP contribution in [0, 0.1) is 0 Å². The van der Waals surface area contributed by atoms with Gasteiger partial charge in [0.15, 0.2) is 5.82 Å². The van der Waals surface area contributed by atoms with Crippen molar-refractivity contribution in [2.75, 3.05) is 18.1 Å². The van der Waals surface area contributed by atoms with Crippen molar-refractivity contribution in [1.82, 2.24) is 20.2 Å². The van der Waals surface area contributed by atoms with Gasteiger partial charge in [-0.2, -0.15) is 0 Å². The molecule has 1 heterocycles. The first-order valence-electron chi connectivity index (χ1n) is 7.47. The van der Waals surface area contributed by atoms with E-state index < -0.39 is 0 Å². The summed E-state index contributed by atoms with van der Waals surface area (Å²) in [5, 5.41) is 12.1. The van der Waals surface area contributed by atoms with E-state index in [-0.39, 0.29) is 11.7 Å². The van der Waals surface area contributed by atoms with Crippen LogP contribution in [0.4, 0.5) is 0 Å². The van der Waals surface area contributed by atoms with Crippen molar-refractivity contribution in [2.45, 2.75) is 31.3 Å². The highest BCUT2D eigenvalue weighted by molar-refractivity contribution is 7.99. The first-order chi connectivity index (χ1) is 11.1. The second-order valence-corrected chi connectivity index (χ2v) is 6.41. The Morgan fingerprint density at radius 3 is 2.96 bits per heavy atom. The number of nitrogens with zero attached hydrogens (tertiary/aromatic N) is 3. The summed E-state index contributed by atoms with van der Waals surface area (Å²) in [5.41, 5.74) is 0.781. The van der Waals surface area contributed by atoms with Gasteiger partial charge in [0.05, 0.1) is 5.75 Å². The fourth-order valence-electron chi connectivity index (χ4n) is 1.98. The molecule has 0 fully saturated rings. The largest absolute Gasteiger partial charge is 0.355 e. The Bertz CT molecular complexity index is 661. The minimum absolute atomic E-state index is 0.0293. The van der Waals surface area contributed by atoms with Crippen LogP contribution in [0.2, 0.25) is 5.02 Å². The van der Waals surface area contributed by atoms with Gasteiger partial charge < -0.3 is 11.2 Å². The molecule has 0 aliphatic heterocycles. The predicted octanol–water partition coefficient (Wildman–Crippen LogP) is 2.71. The Morgan fingerprint density at radius 2 is 2.22 bits per heavy atom. The van der Waals surface area contributed by atoms with Gasteiger partial charge in [-0.3, -0.25) is 4.79 Å². The van der Waals surface area contributed by atoms with Gasteiger partial charge in [-0.25, -0.2) is 4.68 Å². The maximum atomic E-state index is 11.8. The maximum absolute atomic E-state index is 11.8. The van der Waals surface area contributed by atoms with Crippen LogP contribution in [-0.2, 0) is 4.79 Å². The lowest BCUT2D eigenvalue weighted by molar-refractivity contribution is -0.118. The molecule has 1 aromatic heterocycles. The monoisotopic (exact) mass is 353 g/mol. The van der Waals surface area contributed by atoms with E-state index in [0.717, 1.165) is 24.8 Å². The molecule has 0 aliphatic rings. The van der Waals surface area contributed by atoms with Gasteiger partial charge in [0.25, 0.3) is 0 Å². The van der Waals surface area contributed by atoms with Crippen LogP contribution in [-0.4, -0.2) is 33.1 Å². The van der Waals surface area contributed by atoms with Crippen molar-refractivity contribution < 1.29 is 4.79 Å². The average Bonchev–Trinajstić information content (AvgIpc) is 2.90. The number of nitrogen functional groups attached to an aromatic ring is 1. The lowest BCUT2D eigenvalue weighted by atomic mass is 10.2. The number of amides is 1. The van der Waals surface area contributed by atoms with Crippen LogP contribution in [0.25, 0.3) is 11.4 Å². The summed E-state index contributed by atoms with van der Waals surface area (Å²) in [5.74, 6) is 6.75. The van der Waals surface area contributed by atoms with Crippen molar-refractivity contribution in [3.8, 4) is 11.4 Å². The zero-order valence-electron chi connectivity index (χ0n) is 13.0. The number of aromatic nitrogens is 3. The van der Waals surface area contributed by atoms with E-state index >= 15 is 0 Å². The number of nitrogens with one attached hydrogen (secondary N) is 1. The van der Waals surface area contributed by atoms with E-state index in [1.165, 1.54) is 16.4 Å². The molecule has 1 aromatic carbocycles. The van der Waals surface area contributed by atoms with E-state index in [4.69, 9.17) is 17.4 Å². The second kappa shape index (κ2) is 8.79. The summed E-state index contributed by atoms with van der Waals surface area (Å²) in [6, 6.07) is 7.22. The minimum Gasteiger partial charge on any atom is -0.355 e. The fourth-order valence-corrected chi connectivity index (χ4v) is 2.86. The van der Waals surface area contributed by atoms with Crippen molar-refractivity contribution in [2.24, 2.45) is 0 Å². The number of hydrogen-bond donors (Lipinski definition) is 2. The zero-order valence-corrected chi connectivity index (χ0v) is 14.5. The van der Waals surface area contributed by atoms with Crippen LogP contribution in [0.1, 0.15) is 26.2 Å². The van der Waals surface area contributed by atoms with E-state index in [9.17, 15) is 4.79 Å². The van der Waals surface area contributed by atoms with E-state index in [0.29, 0.717) is 22.5 Å². The molecule has 2 aromatic rings. The van der Waals surface area contributed by atoms with Crippen molar-refractivity contribution in [3.63, 3.8) is 0 Å². The average molecular weight is 354 g/mol. The smallest absolute Gasteiger partial charge is 0.230 e. The van der Waals surface area contributed by atoms with Crippen LogP contribution in [0.5, 0.6) is 0 Å². The quantitative estimate of drug-likeness (QED) is 0.433. The molecule has 0 aliphatic carbocycles. The summed E-state index contributed by atoms with van der Waals surface area (Å²) in [6.45, 7) is 2.83. The van der Waals surface area contributed by atoms with Gasteiger partial charge >= 0.3 is 0 Å². The topological polar surface area (TPSA) is 85.8 Å². The number of unbranched alkanes of at least 4 members (excludes halogenated alkanes) is 2. The molecule has 0 saturated carbocycles. The highest BCUT2D eigenvalue weighted by Gasteiger charge is 2.13. The lowest BCUT2D eigenvalue weighted by Crippen LogP contribution is -2.26. The number of rotatable bonds is 8. The Balaban J connectivity index is 1.91. The first-order valence-corrected chi connectivity index (χ1v) is 8.84. The van der Waals surface area contributed by atoms with E-state index in [1.54, 1.807) is 12.1 Å². The van der Waals surface area contributed by atoms with Crippen LogP contribution in [0.15, 0.2) is 29.4 Å². The predicted molar refractivity (Wildman–Crippen MR) is 93.9 cm³/mol. The van der Waals surface area contributed by atoms with Crippen LogP contribution < -0.4 is 11.2 Å². The van der Waals surface area contributed by atoms with Crippen LogP contribution in [0.3, 0.4) is 0 Å². The Labute approximate surface area is 144 Å². The Hall–Kier alpha value is -1.73. The Kier molecular flexibility index (Phi) is 6.73. The third kappa shape index (κ3) is 5.14. The zero-order chi connectivity index (χ0) is 16.7. The first kappa shape index (κ1) is 17.6. The number of nitrogens with two attached hydrogens (primary N) is 1. The summed E-state index contributed by atoms with van der Waals surface area (Å²) in [7, 11) is 0. The van der Waals surface area contributed by atoms with Gasteiger partial charge in [-0.05, 0) is 18.6 Å². The maximum Gasteiger partial charge on any atom is 0.230 e. The number of carbonyl (C=O) groups is 1. The SMILES string of the molecule is CCCCCNC(=O)CSc1nnc(-c2cccc(Cl)c2)n1N. The number of halogens is 1. The molecule has 6 nitrogen and oxygen atoms in total. The second-order valence-electron chi connectivity index (χ2n) is 5.03. The fraction of sp³-hybridized carbons (Fsp3) is 0.400. The van der Waals surface area contributed by atoms with E-state index in [1.807, 2.05) is 12.1 Å². The van der Waals surface area contributed by atoms with Gasteiger partial charge in [-0.1, -0.05) is 55.3 Å². The third-order valence-corrected chi connectivity index (χ3v) is 4.36. The van der Waals surface area contributed by atoms with Gasteiger partial charge in [0, 0.05) is 17.1 Å². The molecule has 124 valence electrons. The third-order valence-electron chi connectivity index (χ3n) is 3.18. The molecule has 23 heavy (non-hydrogen) atoms. The number of benzene rings is 1. The summed E-state index contributed by atoms with van der Waals surface area (Å²) in [4.78, 5) is 11.8. The molecule has 0 saturated heterocycles. The molecule has 0 atom stereocenters. The number of hydrogen-bond acceptors (Lipinski definition) is 5. The molecule has 8 heteroatoms. The van der Waals surface area contributed by atoms with Crippen LogP contribution >= 0.6 is 23.4 Å². The molecule has 1 amide bonds. The molecule has 0 bridgehead atoms. The summed E-state index contributed by atoms with van der Waals surface area (Å²) >= 11 is 7.23. The molecule has 0 radical (unpaired) electrons. The summed E-state index contributed by atoms with van der Waals surface area (Å²) in [6.07, 6.45) is 3.25. The minimum atomic E-state index is -0.0293. The summed E-state index contributed by atoms with van der Waals surface area (Å²) < 4.78 is 1.38. The van der Waals surface area contributed by atoms with Gasteiger partial charge in [0.2, 0.25) is 11.1 Å².